The summed E-state index contributed by atoms with van der Waals surface area (Å²) in [7, 11) is 0. The summed E-state index contributed by atoms with van der Waals surface area (Å²) in [5, 5.41) is 0. The smallest absolute Gasteiger partial charge is 0.167 e. The van der Waals surface area contributed by atoms with Gasteiger partial charge in [0.2, 0.25) is 0 Å². The van der Waals surface area contributed by atoms with Crippen LogP contribution >= 0.6 is 0 Å². The van der Waals surface area contributed by atoms with E-state index in [0.29, 0.717) is 6.42 Å². The highest BCUT2D eigenvalue weighted by Crippen LogP contribution is 2.20. The number of aryl methyl sites for hydroxylation is 5. The molecule has 0 aliphatic carbocycles. The second kappa shape index (κ2) is 5.62. The predicted octanol–water partition coefficient (Wildman–Crippen LogP) is 4.65. The van der Waals surface area contributed by atoms with Crippen LogP contribution in [0, 0.1) is 34.6 Å². The average molecular weight is 266 g/mol. The highest BCUT2D eigenvalue weighted by Gasteiger charge is 2.13. The molecule has 0 N–H and O–H groups in total. The molecule has 0 atom stereocenters. The SMILES string of the molecule is Cc1cc(C)c(CC(=O)c2cc(C)ccc2C)c(C)c1. The molecule has 1 heteroatoms. The monoisotopic (exact) mass is 266 g/mol. The Morgan fingerprint density at radius 3 is 2.00 bits per heavy atom. The van der Waals surface area contributed by atoms with E-state index in [-0.39, 0.29) is 5.78 Å². The van der Waals surface area contributed by atoms with Crippen LogP contribution in [0.3, 0.4) is 0 Å². The Hall–Kier alpha value is -1.89. The van der Waals surface area contributed by atoms with E-state index in [9.17, 15) is 4.79 Å². The normalized spacial score (nSPS) is 10.7. The van der Waals surface area contributed by atoms with Crippen molar-refractivity contribution < 1.29 is 4.79 Å². The summed E-state index contributed by atoms with van der Waals surface area (Å²) < 4.78 is 0. The first-order chi connectivity index (χ1) is 9.38. The van der Waals surface area contributed by atoms with E-state index < -0.39 is 0 Å². The summed E-state index contributed by atoms with van der Waals surface area (Å²) in [6, 6.07) is 10.4. The van der Waals surface area contributed by atoms with E-state index >= 15 is 0 Å². The Morgan fingerprint density at radius 1 is 0.800 bits per heavy atom. The summed E-state index contributed by atoms with van der Waals surface area (Å²) in [5.41, 5.74) is 7.88. The molecule has 0 bridgehead atoms. The van der Waals surface area contributed by atoms with Crippen LogP contribution in [-0.2, 0) is 6.42 Å². The van der Waals surface area contributed by atoms with Gasteiger partial charge in [0.25, 0.3) is 0 Å². The molecule has 0 radical (unpaired) electrons. The molecule has 0 unspecified atom stereocenters. The van der Waals surface area contributed by atoms with Crippen molar-refractivity contribution in [3.05, 3.63) is 69.3 Å². The van der Waals surface area contributed by atoms with E-state index in [1.165, 1.54) is 22.3 Å². The molecule has 0 aliphatic heterocycles. The number of carbonyl (C=O) groups excluding carboxylic acids is 1. The highest BCUT2D eigenvalue weighted by atomic mass is 16.1. The lowest BCUT2D eigenvalue weighted by atomic mass is 9.92. The summed E-state index contributed by atoms with van der Waals surface area (Å²) >= 11 is 0. The average Bonchev–Trinajstić information content (AvgIpc) is 2.36. The number of benzene rings is 2. The zero-order chi connectivity index (χ0) is 14.9. The van der Waals surface area contributed by atoms with E-state index in [2.05, 4.69) is 39.0 Å². The maximum atomic E-state index is 12.6. The lowest BCUT2D eigenvalue weighted by molar-refractivity contribution is 0.0992. The van der Waals surface area contributed by atoms with Gasteiger partial charge < -0.3 is 0 Å². The molecular weight excluding hydrogens is 244 g/mol. The van der Waals surface area contributed by atoms with Crippen LogP contribution in [0.15, 0.2) is 30.3 Å². The number of carbonyl (C=O) groups is 1. The first kappa shape index (κ1) is 14.5. The number of hydrogen-bond acceptors (Lipinski definition) is 1. The van der Waals surface area contributed by atoms with E-state index in [1.807, 2.05) is 26.0 Å². The van der Waals surface area contributed by atoms with Gasteiger partial charge in [0.05, 0.1) is 0 Å². The first-order valence-electron chi connectivity index (χ1n) is 7.05. The quantitative estimate of drug-likeness (QED) is 0.739. The summed E-state index contributed by atoms with van der Waals surface area (Å²) in [6.45, 7) is 10.3. The summed E-state index contributed by atoms with van der Waals surface area (Å²) in [4.78, 5) is 12.6. The van der Waals surface area contributed by atoms with Gasteiger partial charge >= 0.3 is 0 Å². The van der Waals surface area contributed by atoms with E-state index in [4.69, 9.17) is 0 Å². The molecule has 0 saturated carbocycles. The van der Waals surface area contributed by atoms with Crippen molar-refractivity contribution in [2.24, 2.45) is 0 Å². The van der Waals surface area contributed by atoms with Gasteiger partial charge in [0.1, 0.15) is 0 Å². The fourth-order valence-corrected chi connectivity index (χ4v) is 2.78. The van der Waals surface area contributed by atoms with Crippen LogP contribution < -0.4 is 0 Å². The van der Waals surface area contributed by atoms with Gasteiger partial charge in [-0.2, -0.15) is 0 Å². The summed E-state index contributed by atoms with van der Waals surface area (Å²) in [5.74, 6) is 0.209. The molecule has 0 heterocycles. The van der Waals surface area contributed by atoms with Crippen molar-refractivity contribution in [1.82, 2.24) is 0 Å². The van der Waals surface area contributed by atoms with Crippen LogP contribution in [0.4, 0.5) is 0 Å². The van der Waals surface area contributed by atoms with Gasteiger partial charge in [-0.15, -0.1) is 0 Å². The molecule has 2 aromatic carbocycles. The minimum Gasteiger partial charge on any atom is -0.294 e. The Kier molecular flexibility index (Phi) is 4.08. The van der Waals surface area contributed by atoms with Gasteiger partial charge in [-0.25, -0.2) is 0 Å². The van der Waals surface area contributed by atoms with Crippen molar-refractivity contribution in [2.75, 3.05) is 0 Å². The first-order valence-corrected chi connectivity index (χ1v) is 7.05. The van der Waals surface area contributed by atoms with Crippen LogP contribution in [-0.4, -0.2) is 5.78 Å². The zero-order valence-electron chi connectivity index (χ0n) is 13.0. The van der Waals surface area contributed by atoms with Crippen molar-refractivity contribution in [3.8, 4) is 0 Å². The van der Waals surface area contributed by atoms with Crippen LogP contribution in [0.1, 0.15) is 43.7 Å². The fourth-order valence-electron chi connectivity index (χ4n) is 2.78. The lowest BCUT2D eigenvalue weighted by Crippen LogP contribution is -2.08. The highest BCUT2D eigenvalue weighted by molar-refractivity contribution is 5.99. The maximum absolute atomic E-state index is 12.6. The molecule has 104 valence electrons. The molecule has 0 aromatic heterocycles. The van der Waals surface area contributed by atoms with Crippen LogP contribution in [0.5, 0.6) is 0 Å². The van der Waals surface area contributed by atoms with Gasteiger partial charge in [0, 0.05) is 12.0 Å². The molecule has 0 aliphatic rings. The molecule has 1 nitrogen and oxygen atoms in total. The Balaban J connectivity index is 2.35. The van der Waals surface area contributed by atoms with Gasteiger partial charge in [0.15, 0.2) is 5.78 Å². The number of rotatable bonds is 3. The minimum atomic E-state index is 0.209. The second-order valence-electron chi connectivity index (χ2n) is 5.80. The third-order valence-corrected chi connectivity index (χ3v) is 3.87. The van der Waals surface area contributed by atoms with Gasteiger partial charge in [-0.1, -0.05) is 35.4 Å². The molecule has 20 heavy (non-hydrogen) atoms. The van der Waals surface area contributed by atoms with E-state index in [0.717, 1.165) is 16.7 Å². The zero-order valence-corrected chi connectivity index (χ0v) is 13.0. The minimum absolute atomic E-state index is 0.209. The van der Waals surface area contributed by atoms with Gasteiger partial charge in [-0.3, -0.25) is 4.79 Å². The predicted molar refractivity (Wildman–Crippen MR) is 84.6 cm³/mol. The molecule has 2 rings (SSSR count). The summed E-state index contributed by atoms with van der Waals surface area (Å²) in [6.07, 6.45) is 0.488. The van der Waals surface area contributed by atoms with E-state index in [1.54, 1.807) is 0 Å². The molecular formula is C19H22O. The van der Waals surface area contributed by atoms with Crippen LogP contribution in [0.25, 0.3) is 0 Å². The second-order valence-corrected chi connectivity index (χ2v) is 5.80. The number of ketones is 1. The van der Waals surface area contributed by atoms with Crippen LogP contribution in [0.2, 0.25) is 0 Å². The fraction of sp³-hybridized carbons (Fsp3) is 0.316. The molecule has 0 spiro atoms. The van der Waals surface area contributed by atoms with Gasteiger partial charge in [-0.05, 0) is 62.9 Å². The topological polar surface area (TPSA) is 17.1 Å². The largest absolute Gasteiger partial charge is 0.294 e. The molecule has 0 saturated heterocycles. The lowest BCUT2D eigenvalue weighted by Gasteiger charge is -2.12. The number of hydrogen-bond donors (Lipinski definition) is 0. The van der Waals surface area contributed by atoms with Crippen molar-refractivity contribution in [3.63, 3.8) is 0 Å². The Morgan fingerprint density at radius 2 is 1.40 bits per heavy atom. The molecule has 2 aromatic rings. The Bertz CT molecular complexity index is 642. The van der Waals surface area contributed by atoms with Crippen molar-refractivity contribution in [1.29, 1.82) is 0 Å². The number of Topliss-reactive ketones (excluding diaryl/α,β-unsaturated/α-hetero) is 1. The Labute approximate surface area is 121 Å². The molecule has 0 amide bonds. The maximum Gasteiger partial charge on any atom is 0.167 e. The third kappa shape index (κ3) is 2.98. The standard InChI is InChI=1S/C19H22O/c1-12-6-7-14(3)18(10-12)19(20)11-17-15(4)8-13(2)9-16(17)5/h6-10H,11H2,1-5H3. The molecule has 0 fully saturated rings. The van der Waals surface area contributed by atoms with Crippen molar-refractivity contribution >= 4 is 5.78 Å². The van der Waals surface area contributed by atoms with Crippen molar-refractivity contribution in [2.45, 2.75) is 41.0 Å². The third-order valence-electron chi connectivity index (χ3n) is 3.87.